The van der Waals surface area contributed by atoms with Crippen LogP contribution in [-0.2, 0) is 20.5 Å². The third-order valence-corrected chi connectivity index (χ3v) is 6.36. The second-order valence-corrected chi connectivity index (χ2v) is 8.69. The molecule has 0 amide bonds. The summed E-state index contributed by atoms with van der Waals surface area (Å²) in [6, 6.07) is 19.1. The van der Waals surface area contributed by atoms with E-state index in [1.165, 1.54) is 0 Å². The minimum atomic E-state index is -3.43. The lowest BCUT2D eigenvalue weighted by Crippen LogP contribution is -2.56. The van der Waals surface area contributed by atoms with Crippen LogP contribution in [0.5, 0.6) is 0 Å². The average molecular weight is 345 g/mol. The van der Waals surface area contributed by atoms with E-state index in [1.807, 2.05) is 74.5 Å². The fraction of sp³-hybridized carbons (Fsp3) is 0.368. The van der Waals surface area contributed by atoms with Crippen molar-refractivity contribution in [3.63, 3.8) is 0 Å². The summed E-state index contributed by atoms with van der Waals surface area (Å²) in [6.07, 6.45) is -0.232. The largest absolute Gasteiger partial charge is 0.370 e. The Morgan fingerprint density at radius 3 is 2.25 bits per heavy atom. The van der Waals surface area contributed by atoms with Crippen LogP contribution in [0, 0.1) is 0 Å². The molecule has 3 rings (SSSR count). The van der Waals surface area contributed by atoms with Gasteiger partial charge in [-0.25, -0.2) is 8.42 Å². The average Bonchev–Trinajstić information content (AvgIpc) is 2.55. The van der Waals surface area contributed by atoms with E-state index in [2.05, 4.69) is 0 Å². The van der Waals surface area contributed by atoms with Gasteiger partial charge < -0.3 is 4.74 Å². The first kappa shape index (κ1) is 17.1. The van der Waals surface area contributed by atoms with Gasteiger partial charge in [0.05, 0.1) is 24.0 Å². The van der Waals surface area contributed by atoms with Gasteiger partial charge in [0.1, 0.15) is 0 Å². The van der Waals surface area contributed by atoms with Gasteiger partial charge in [-0.2, -0.15) is 4.31 Å². The Bertz CT molecular complexity index is 773. The first-order valence-electron chi connectivity index (χ1n) is 8.09. The molecular formula is C19H23NO3S. The second kappa shape index (κ2) is 6.67. The van der Waals surface area contributed by atoms with Crippen LogP contribution in [-0.4, -0.2) is 31.4 Å². The second-order valence-electron chi connectivity index (χ2n) is 6.80. The number of benzene rings is 2. The molecule has 1 fully saturated rings. The third-order valence-electron chi connectivity index (χ3n) is 4.34. The molecule has 1 unspecified atom stereocenters. The van der Waals surface area contributed by atoms with Crippen LogP contribution < -0.4 is 0 Å². The van der Waals surface area contributed by atoms with Gasteiger partial charge in [-0.15, -0.1) is 0 Å². The smallest absolute Gasteiger partial charge is 0.218 e. The van der Waals surface area contributed by atoms with Crippen LogP contribution >= 0.6 is 0 Å². The minimum absolute atomic E-state index is 0.0127. The fourth-order valence-corrected chi connectivity index (χ4v) is 4.99. The van der Waals surface area contributed by atoms with E-state index < -0.39 is 15.6 Å². The van der Waals surface area contributed by atoms with E-state index >= 15 is 0 Å². The van der Waals surface area contributed by atoms with Gasteiger partial charge in [0, 0.05) is 6.54 Å². The summed E-state index contributed by atoms with van der Waals surface area (Å²) in [7, 11) is -3.43. The van der Waals surface area contributed by atoms with Crippen molar-refractivity contribution in [2.75, 3.05) is 13.2 Å². The number of morpholine rings is 1. The normalized spacial score (nSPS) is 21.5. The Balaban J connectivity index is 1.85. The zero-order valence-corrected chi connectivity index (χ0v) is 14.9. The number of hydrogen-bond acceptors (Lipinski definition) is 3. The molecule has 2 aromatic rings. The Hall–Kier alpha value is -1.69. The molecule has 4 nitrogen and oxygen atoms in total. The van der Waals surface area contributed by atoms with Crippen LogP contribution in [0.1, 0.15) is 31.1 Å². The lowest BCUT2D eigenvalue weighted by atomic mass is 10.0. The Morgan fingerprint density at radius 1 is 1.04 bits per heavy atom. The Morgan fingerprint density at radius 2 is 1.62 bits per heavy atom. The van der Waals surface area contributed by atoms with Gasteiger partial charge in [0.25, 0.3) is 0 Å². The highest BCUT2D eigenvalue weighted by Gasteiger charge is 2.42. The lowest BCUT2D eigenvalue weighted by Gasteiger charge is -2.44. The van der Waals surface area contributed by atoms with E-state index in [0.717, 1.165) is 11.1 Å². The molecule has 0 saturated carbocycles. The molecule has 0 N–H and O–H groups in total. The number of ether oxygens (including phenoxy) is 1. The van der Waals surface area contributed by atoms with E-state index in [0.29, 0.717) is 13.2 Å². The molecule has 128 valence electrons. The topological polar surface area (TPSA) is 46.6 Å². The molecular weight excluding hydrogens is 322 g/mol. The summed E-state index contributed by atoms with van der Waals surface area (Å²) in [5.41, 5.74) is 1.25. The molecule has 0 aliphatic carbocycles. The van der Waals surface area contributed by atoms with Crippen molar-refractivity contribution in [3.05, 3.63) is 71.8 Å². The summed E-state index contributed by atoms with van der Waals surface area (Å²) in [5.74, 6) is 0.0127. The van der Waals surface area contributed by atoms with E-state index in [4.69, 9.17) is 4.74 Å². The molecule has 1 atom stereocenters. The molecule has 0 bridgehead atoms. The van der Waals surface area contributed by atoms with E-state index in [9.17, 15) is 8.42 Å². The van der Waals surface area contributed by atoms with Gasteiger partial charge in [-0.05, 0) is 25.0 Å². The van der Waals surface area contributed by atoms with E-state index in [-0.39, 0.29) is 11.9 Å². The van der Waals surface area contributed by atoms with Gasteiger partial charge in [0.15, 0.2) is 0 Å². The highest BCUT2D eigenvalue weighted by Crippen LogP contribution is 2.33. The molecule has 1 heterocycles. The van der Waals surface area contributed by atoms with Crippen molar-refractivity contribution in [2.24, 2.45) is 0 Å². The highest BCUT2D eigenvalue weighted by molar-refractivity contribution is 7.88. The number of sulfonamides is 1. The number of rotatable bonds is 4. The van der Waals surface area contributed by atoms with E-state index in [1.54, 1.807) is 4.31 Å². The van der Waals surface area contributed by atoms with Gasteiger partial charge in [-0.1, -0.05) is 60.7 Å². The van der Waals surface area contributed by atoms with Crippen LogP contribution in [0.15, 0.2) is 60.7 Å². The first-order valence-corrected chi connectivity index (χ1v) is 9.70. The Labute approximate surface area is 144 Å². The van der Waals surface area contributed by atoms with Crippen molar-refractivity contribution < 1.29 is 13.2 Å². The van der Waals surface area contributed by atoms with Crippen molar-refractivity contribution in [1.29, 1.82) is 0 Å². The molecule has 1 aliphatic heterocycles. The molecule has 24 heavy (non-hydrogen) atoms. The zero-order chi connectivity index (χ0) is 17.2. The van der Waals surface area contributed by atoms with Crippen molar-refractivity contribution >= 4 is 10.0 Å². The van der Waals surface area contributed by atoms with Crippen molar-refractivity contribution in [3.8, 4) is 0 Å². The lowest BCUT2D eigenvalue weighted by molar-refractivity contribution is -0.0655. The quantitative estimate of drug-likeness (QED) is 0.853. The van der Waals surface area contributed by atoms with Crippen LogP contribution in [0.2, 0.25) is 0 Å². The van der Waals surface area contributed by atoms with Crippen LogP contribution in [0.4, 0.5) is 0 Å². The maximum Gasteiger partial charge on any atom is 0.218 e. The summed E-state index contributed by atoms with van der Waals surface area (Å²) >= 11 is 0. The number of nitrogens with zero attached hydrogens (tertiary/aromatic N) is 1. The van der Waals surface area contributed by atoms with Crippen molar-refractivity contribution in [2.45, 2.75) is 31.2 Å². The molecule has 5 heteroatoms. The van der Waals surface area contributed by atoms with Gasteiger partial charge in [0.2, 0.25) is 10.0 Å². The summed E-state index contributed by atoms with van der Waals surface area (Å²) in [6.45, 7) is 4.54. The molecule has 2 aromatic carbocycles. The highest BCUT2D eigenvalue weighted by atomic mass is 32.2. The van der Waals surface area contributed by atoms with Crippen LogP contribution in [0.3, 0.4) is 0 Å². The summed E-state index contributed by atoms with van der Waals surface area (Å²) in [5, 5.41) is 0. The summed E-state index contributed by atoms with van der Waals surface area (Å²) in [4.78, 5) is 0. The number of hydrogen-bond donors (Lipinski definition) is 0. The van der Waals surface area contributed by atoms with Crippen molar-refractivity contribution in [1.82, 2.24) is 4.31 Å². The maximum atomic E-state index is 13.0. The molecule has 0 radical (unpaired) electrons. The third kappa shape index (κ3) is 3.69. The maximum absolute atomic E-state index is 13.0. The van der Waals surface area contributed by atoms with Crippen LogP contribution in [0.25, 0.3) is 0 Å². The monoisotopic (exact) mass is 345 g/mol. The minimum Gasteiger partial charge on any atom is -0.370 e. The molecule has 0 aromatic heterocycles. The SMILES string of the molecule is CC1(C)COC(c2ccccc2)CN1S(=O)(=O)Cc1ccccc1. The Kier molecular flexibility index (Phi) is 4.76. The van der Waals surface area contributed by atoms with Gasteiger partial charge in [-0.3, -0.25) is 0 Å². The van der Waals surface area contributed by atoms with Gasteiger partial charge >= 0.3 is 0 Å². The zero-order valence-electron chi connectivity index (χ0n) is 14.1. The standard InChI is InChI=1S/C19H23NO3S/c1-19(2)15-23-18(17-11-7-4-8-12-17)13-20(19)24(21,22)14-16-9-5-3-6-10-16/h3-12,18H,13-15H2,1-2H3. The first-order chi connectivity index (χ1) is 11.4. The molecule has 1 saturated heterocycles. The predicted octanol–water partition coefficient (Wildman–Crippen LogP) is 3.37. The molecule has 1 aliphatic rings. The fourth-order valence-electron chi connectivity index (χ4n) is 3.05. The predicted molar refractivity (Wildman–Crippen MR) is 95.0 cm³/mol. The summed E-state index contributed by atoms with van der Waals surface area (Å²) < 4.78 is 33.6. The molecule has 0 spiro atoms.